The summed E-state index contributed by atoms with van der Waals surface area (Å²) < 4.78 is 0. The molecular formula is C45H67N7O2. The van der Waals surface area contributed by atoms with Gasteiger partial charge in [0.05, 0.1) is 0 Å². The van der Waals surface area contributed by atoms with E-state index in [1.165, 1.54) is 77.3 Å². The van der Waals surface area contributed by atoms with Crippen LogP contribution < -0.4 is 21.3 Å². The lowest BCUT2D eigenvalue weighted by Crippen LogP contribution is -2.44. The Kier molecular flexibility index (Phi) is 12.4. The van der Waals surface area contributed by atoms with Crippen LogP contribution in [0.25, 0.3) is 0 Å². The number of hydrogen-bond donors (Lipinski definition) is 4. The normalized spacial score (nSPS) is 30.0. The topological polar surface area (TPSA) is 92.0 Å². The van der Waals surface area contributed by atoms with E-state index in [4.69, 9.17) is 0 Å². The summed E-state index contributed by atoms with van der Waals surface area (Å²) in [6.45, 7) is 5.65. The summed E-state index contributed by atoms with van der Waals surface area (Å²) in [6, 6.07) is 21.3. The number of amides is 4. The number of hydrogen-bond acceptors (Lipinski definition) is 5. The number of carbonyl (C=O) groups is 2. The number of nitrogens with zero attached hydrogens (tertiary/aromatic N) is 3. The molecule has 4 bridgehead atoms. The average Bonchev–Trinajstić information content (AvgIpc) is 3.96. The predicted molar refractivity (Wildman–Crippen MR) is 216 cm³/mol. The van der Waals surface area contributed by atoms with Gasteiger partial charge in [0.2, 0.25) is 0 Å². The van der Waals surface area contributed by atoms with Crippen molar-refractivity contribution >= 4 is 12.1 Å². The number of carbonyl (C=O) groups excluding carboxylic acids is 2. The van der Waals surface area contributed by atoms with E-state index in [1.807, 2.05) is 0 Å². The van der Waals surface area contributed by atoms with Crippen molar-refractivity contribution < 1.29 is 9.59 Å². The minimum Gasteiger partial charge on any atom is -0.338 e. The molecule has 4 heterocycles. The highest BCUT2D eigenvalue weighted by Gasteiger charge is 2.44. The van der Waals surface area contributed by atoms with Crippen LogP contribution in [-0.2, 0) is 0 Å². The molecule has 2 aliphatic carbocycles. The Morgan fingerprint density at radius 3 is 1.26 bits per heavy atom. The van der Waals surface area contributed by atoms with Gasteiger partial charge in [-0.05, 0) is 170 Å². The Bertz CT molecular complexity index is 1380. The smallest absolute Gasteiger partial charge is 0.315 e. The van der Waals surface area contributed by atoms with Gasteiger partial charge in [-0.15, -0.1) is 0 Å². The Hall–Kier alpha value is -3.14. The van der Waals surface area contributed by atoms with Crippen LogP contribution in [0.5, 0.6) is 0 Å². The molecule has 2 saturated heterocycles. The molecule has 0 aromatic heterocycles. The molecule has 9 heteroatoms. The molecule has 4 atom stereocenters. The SMILES string of the molecule is CN(CCCNC(=O)NC1CCC(CCN2C3CCC2c2ccccc23)CC1)CCCNC(=O)NC1CCC(CCN2C3CCC2c2ccccc23)CC1. The minimum absolute atomic E-state index is 0.0173. The molecule has 294 valence electrons. The van der Waals surface area contributed by atoms with E-state index in [-0.39, 0.29) is 12.1 Å². The van der Waals surface area contributed by atoms with Gasteiger partial charge in [-0.25, -0.2) is 9.59 Å². The molecule has 4 amide bonds. The van der Waals surface area contributed by atoms with Crippen LogP contribution >= 0.6 is 0 Å². The molecule has 2 saturated carbocycles. The van der Waals surface area contributed by atoms with Crippen LogP contribution in [0.2, 0.25) is 0 Å². The summed E-state index contributed by atoms with van der Waals surface area (Å²) in [6.07, 6.45) is 18.9. The Morgan fingerprint density at radius 1 is 0.556 bits per heavy atom. The third-order valence-corrected chi connectivity index (χ3v) is 14.4. The number of urea groups is 2. The molecule has 4 aliphatic heterocycles. The van der Waals surface area contributed by atoms with Gasteiger partial charge < -0.3 is 26.2 Å². The van der Waals surface area contributed by atoms with E-state index < -0.39 is 0 Å². The molecule has 0 radical (unpaired) electrons. The standard InChI is InChI=1S/C45H67N7O2/c1-50(28-6-26-46-44(53)48-34-16-12-32(13-17-34)24-30-51-40-20-21-41(51)37-9-3-2-8-36(37)40)29-7-27-47-45(54)49-35-18-14-33(15-19-35)25-31-52-42-22-23-43(52)39-11-5-4-10-38(39)42/h2-5,8-11,32-35,40-43H,6-7,12-31H2,1H3,(H2,46,48,53)(H2,47,49,54). The number of nitrogens with one attached hydrogen (secondary N) is 4. The second kappa shape index (κ2) is 17.8. The zero-order chi connectivity index (χ0) is 36.9. The highest BCUT2D eigenvalue weighted by atomic mass is 16.2. The van der Waals surface area contributed by atoms with Gasteiger partial charge in [0, 0.05) is 49.3 Å². The van der Waals surface area contributed by atoms with Crippen LogP contribution in [0, 0.1) is 11.8 Å². The van der Waals surface area contributed by atoms with E-state index in [9.17, 15) is 9.59 Å². The second-order valence-corrected chi connectivity index (χ2v) is 17.8. The summed E-state index contributed by atoms with van der Waals surface area (Å²) in [7, 11) is 2.12. The Morgan fingerprint density at radius 2 is 0.907 bits per heavy atom. The molecule has 54 heavy (non-hydrogen) atoms. The number of rotatable bonds is 16. The van der Waals surface area contributed by atoms with E-state index in [1.54, 1.807) is 22.3 Å². The highest BCUT2D eigenvalue weighted by Crippen LogP contribution is 2.54. The molecule has 2 aromatic carbocycles. The zero-order valence-electron chi connectivity index (χ0n) is 33.0. The predicted octanol–water partition coefficient (Wildman–Crippen LogP) is 7.98. The van der Waals surface area contributed by atoms with Gasteiger partial charge in [0.25, 0.3) is 0 Å². The maximum atomic E-state index is 12.6. The lowest BCUT2D eigenvalue weighted by atomic mass is 9.84. The van der Waals surface area contributed by atoms with Crippen molar-refractivity contribution in [2.75, 3.05) is 46.3 Å². The van der Waals surface area contributed by atoms with E-state index >= 15 is 0 Å². The molecule has 0 spiro atoms. The summed E-state index contributed by atoms with van der Waals surface area (Å²) in [5.41, 5.74) is 6.32. The highest BCUT2D eigenvalue weighted by molar-refractivity contribution is 5.74. The molecular weight excluding hydrogens is 671 g/mol. The van der Waals surface area contributed by atoms with Crippen molar-refractivity contribution in [3.63, 3.8) is 0 Å². The summed E-state index contributed by atoms with van der Waals surface area (Å²) >= 11 is 0. The molecule has 9 nitrogen and oxygen atoms in total. The van der Waals surface area contributed by atoms with Gasteiger partial charge >= 0.3 is 12.1 Å². The van der Waals surface area contributed by atoms with Crippen LogP contribution in [0.15, 0.2) is 48.5 Å². The van der Waals surface area contributed by atoms with E-state index in [0.29, 0.717) is 49.3 Å². The third kappa shape index (κ3) is 8.79. The van der Waals surface area contributed by atoms with Crippen molar-refractivity contribution in [2.24, 2.45) is 11.8 Å². The van der Waals surface area contributed by atoms with Gasteiger partial charge in [-0.3, -0.25) is 9.80 Å². The fourth-order valence-electron chi connectivity index (χ4n) is 11.5. The monoisotopic (exact) mass is 738 g/mol. The maximum Gasteiger partial charge on any atom is 0.315 e. The molecule has 6 aliphatic rings. The van der Waals surface area contributed by atoms with Crippen LogP contribution in [0.3, 0.4) is 0 Å². The first-order valence-electron chi connectivity index (χ1n) is 22.0. The largest absolute Gasteiger partial charge is 0.338 e. The van der Waals surface area contributed by atoms with Gasteiger partial charge in [-0.2, -0.15) is 0 Å². The van der Waals surface area contributed by atoms with Crippen molar-refractivity contribution in [3.05, 3.63) is 70.8 Å². The lowest BCUT2D eigenvalue weighted by Gasteiger charge is -2.31. The minimum atomic E-state index is -0.0173. The maximum absolute atomic E-state index is 12.6. The van der Waals surface area contributed by atoms with E-state index in [0.717, 1.165) is 63.5 Å². The first kappa shape index (κ1) is 37.8. The van der Waals surface area contributed by atoms with Crippen molar-refractivity contribution in [3.8, 4) is 0 Å². The van der Waals surface area contributed by atoms with Crippen LogP contribution in [0.1, 0.15) is 149 Å². The molecule has 8 rings (SSSR count). The summed E-state index contributed by atoms with van der Waals surface area (Å²) in [4.78, 5) is 33.1. The number of benzene rings is 2. The van der Waals surface area contributed by atoms with Crippen molar-refractivity contribution in [2.45, 2.75) is 139 Å². The van der Waals surface area contributed by atoms with Crippen LogP contribution in [0.4, 0.5) is 9.59 Å². The van der Waals surface area contributed by atoms with Gasteiger partial charge in [0.1, 0.15) is 0 Å². The van der Waals surface area contributed by atoms with Crippen LogP contribution in [-0.4, -0.2) is 85.2 Å². The Balaban J connectivity index is 0.609. The fraction of sp³-hybridized carbons (Fsp3) is 0.689. The summed E-state index contributed by atoms with van der Waals surface area (Å²) in [5.74, 6) is 1.56. The summed E-state index contributed by atoms with van der Waals surface area (Å²) in [5, 5.41) is 12.7. The zero-order valence-corrected chi connectivity index (χ0v) is 33.0. The van der Waals surface area contributed by atoms with E-state index in [2.05, 4.69) is 91.5 Å². The molecule has 4 fully saturated rings. The molecule has 2 aromatic rings. The third-order valence-electron chi connectivity index (χ3n) is 14.4. The lowest BCUT2D eigenvalue weighted by molar-refractivity contribution is 0.185. The first-order valence-corrected chi connectivity index (χ1v) is 22.0. The van der Waals surface area contributed by atoms with Gasteiger partial charge in [-0.1, -0.05) is 48.5 Å². The van der Waals surface area contributed by atoms with Gasteiger partial charge in [0.15, 0.2) is 0 Å². The molecule has 4 unspecified atom stereocenters. The molecule has 4 N–H and O–H groups in total. The fourth-order valence-corrected chi connectivity index (χ4v) is 11.5. The Labute approximate surface area is 324 Å². The van der Waals surface area contributed by atoms with Crippen molar-refractivity contribution in [1.82, 2.24) is 36.0 Å². The quantitative estimate of drug-likeness (QED) is 0.131. The number of fused-ring (bicyclic) bond motifs is 10. The first-order chi connectivity index (χ1) is 26.5. The second-order valence-electron chi connectivity index (χ2n) is 17.8. The van der Waals surface area contributed by atoms with Crippen molar-refractivity contribution in [1.29, 1.82) is 0 Å². The average molecular weight is 738 g/mol.